The second-order valence-electron chi connectivity index (χ2n) is 10.8. The number of nitrogens with zero attached hydrogens (tertiary/aromatic N) is 3. The molecule has 0 aliphatic carbocycles. The minimum Gasteiger partial charge on any atom is -0.497 e. The van der Waals surface area contributed by atoms with Crippen LogP contribution >= 0.6 is 0 Å². The Kier molecular flexibility index (Phi) is 8.32. The molecule has 0 spiro atoms. The Morgan fingerprint density at radius 2 is 1.76 bits per heavy atom. The van der Waals surface area contributed by atoms with E-state index < -0.39 is 47.3 Å². The van der Waals surface area contributed by atoms with Crippen molar-refractivity contribution in [1.29, 1.82) is 0 Å². The summed E-state index contributed by atoms with van der Waals surface area (Å²) in [5.74, 6) is -1.79. The molecule has 0 bridgehead atoms. The molecule has 2 aliphatic rings. The van der Waals surface area contributed by atoms with Crippen molar-refractivity contribution in [1.82, 2.24) is 4.90 Å². The highest BCUT2D eigenvalue weighted by atomic mass is 19.4. The van der Waals surface area contributed by atoms with E-state index in [4.69, 9.17) is 14.2 Å². The molecule has 0 N–H and O–H groups in total. The molecular weight excluding hydrogens is 543 g/mol. The highest BCUT2D eigenvalue weighted by Gasteiger charge is 2.45. The summed E-state index contributed by atoms with van der Waals surface area (Å²) in [5, 5.41) is 0. The number of hydrogen-bond acceptors (Lipinski definition) is 7. The van der Waals surface area contributed by atoms with Crippen LogP contribution in [0.4, 0.5) is 23.7 Å². The maximum atomic E-state index is 14.3. The minimum atomic E-state index is -4.72. The number of fused-ring (bicyclic) bond motifs is 1. The second kappa shape index (κ2) is 11.4. The quantitative estimate of drug-likeness (QED) is 0.467. The van der Waals surface area contributed by atoms with Gasteiger partial charge in [0.15, 0.2) is 6.10 Å². The lowest BCUT2D eigenvalue weighted by molar-refractivity contribution is -0.154. The summed E-state index contributed by atoms with van der Waals surface area (Å²) < 4.78 is 59.1. The van der Waals surface area contributed by atoms with Crippen LogP contribution in [0, 0.1) is 0 Å². The Hall–Kier alpha value is -4.09. The van der Waals surface area contributed by atoms with Crippen molar-refractivity contribution < 1.29 is 41.8 Å². The van der Waals surface area contributed by atoms with Crippen molar-refractivity contribution in [3.05, 3.63) is 59.2 Å². The van der Waals surface area contributed by atoms with Gasteiger partial charge < -0.3 is 19.1 Å². The Morgan fingerprint density at radius 3 is 2.34 bits per heavy atom. The van der Waals surface area contributed by atoms with E-state index in [1.54, 1.807) is 45.0 Å². The zero-order valence-corrected chi connectivity index (χ0v) is 23.4. The number of halogens is 3. The molecule has 41 heavy (non-hydrogen) atoms. The first-order chi connectivity index (χ1) is 19.2. The maximum Gasteiger partial charge on any atom is 0.416 e. The summed E-state index contributed by atoms with van der Waals surface area (Å²) in [6.45, 7) is 6.32. The topological polar surface area (TPSA) is 97.7 Å². The lowest BCUT2D eigenvalue weighted by Crippen LogP contribution is -2.49. The number of esters is 1. The van der Waals surface area contributed by atoms with Crippen LogP contribution in [0.15, 0.2) is 47.5 Å². The monoisotopic (exact) mass is 575 g/mol. The Morgan fingerprint density at radius 1 is 1.07 bits per heavy atom. The van der Waals surface area contributed by atoms with Gasteiger partial charge in [-0.2, -0.15) is 13.2 Å². The molecule has 2 aliphatic heterocycles. The van der Waals surface area contributed by atoms with Crippen LogP contribution in [0.2, 0.25) is 0 Å². The molecule has 0 saturated carbocycles. The van der Waals surface area contributed by atoms with Gasteiger partial charge in [-0.15, -0.1) is 0 Å². The van der Waals surface area contributed by atoms with Gasteiger partial charge in [-0.1, -0.05) is 18.2 Å². The molecule has 9 nitrogen and oxygen atoms in total. The summed E-state index contributed by atoms with van der Waals surface area (Å²) in [5.41, 5.74) is -1.36. The van der Waals surface area contributed by atoms with Gasteiger partial charge in [0.2, 0.25) is 0 Å². The van der Waals surface area contributed by atoms with E-state index in [0.717, 1.165) is 17.9 Å². The van der Waals surface area contributed by atoms with Gasteiger partial charge in [-0.3, -0.25) is 19.5 Å². The number of benzene rings is 2. The molecule has 2 amide bonds. The number of ether oxygens (including phenoxy) is 3. The predicted octanol–water partition coefficient (Wildman–Crippen LogP) is 4.97. The summed E-state index contributed by atoms with van der Waals surface area (Å²) in [4.78, 5) is 46.0. The van der Waals surface area contributed by atoms with Crippen molar-refractivity contribution in [3.63, 3.8) is 0 Å². The van der Waals surface area contributed by atoms with Gasteiger partial charge in [-0.25, -0.2) is 4.79 Å². The van der Waals surface area contributed by atoms with E-state index in [0.29, 0.717) is 11.3 Å². The fourth-order valence-electron chi connectivity index (χ4n) is 4.98. The van der Waals surface area contributed by atoms with Crippen molar-refractivity contribution in [2.45, 2.75) is 57.9 Å². The van der Waals surface area contributed by atoms with E-state index in [9.17, 15) is 27.6 Å². The van der Waals surface area contributed by atoms with Crippen LogP contribution in [-0.2, 0) is 31.7 Å². The zero-order valence-electron chi connectivity index (χ0n) is 23.4. The molecular formula is C29H32F3N3O6. The number of methoxy groups -OCH3 is 1. The smallest absolute Gasteiger partial charge is 0.416 e. The molecule has 0 saturated heterocycles. The fourth-order valence-corrected chi connectivity index (χ4v) is 4.98. The third-order valence-electron chi connectivity index (χ3n) is 6.73. The fraction of sp³-hybridized carbons (Fsp3) is 0.448. The van der Waals surface area contributed by atoms with Crippen molar-refractivity contribution in [2.75, 3.05) is 31.6 Å². The maximum absolute atomic E-state index is 14.3. The molecule has 2 heterocycles. The van der Waals surface area contributed by atoms with Gasteiger partial charge in [0.05, 0.1) is 32.3 Å². The van der Waals surface area contributed by atoms with Crippen LogP contribution in [0.5, 0.6) is 5.75 Å². The molecule has 220 valence electrons. The summed E-state index contributed by atoms with van der Waals surface area (Å²) in [7, 11) is 1.47. The molecule has 0 radical (unpaired) electrons. The van der Waals surface area contributed by atoms with Gasteiger partial charge in [0, 0.05) is 18.5 Å². The Balaban J connectivity index is 1.83. The number of amidine groups is 1. The molecule has 4 rings (SSSR count). The minimum absolute atomic E-state index is 0.00303. The lowest BCUT2D eigenvalue weighted by atomic mass is 9.86. The van der Waals surface area contributed by atoms with Gasteiger partial charge in [0.25, 0.3) is 5.91 Å². The highest BCUT2D eigenvalue weighted by Crippen LogP contribution is 2.43. The van der Waals surface area contributed by atoms with Crippen molar-refractivity contribution in [2.24, 2.45) is 4.99 Å². The van der Waals surface area contributed by atoms with E-state index in [1.807, 2.05) is 0 Å². The number of carbonyl (C=O) groups excluding carboxylic acids is 3. The standard InChI is InChI=1S/C29H32F3N3O6/c1-17(36)40-25-20(18-9-11-19(39-5)12-10-18)15-21-22(29(30,31)32)7-6-8-23(21)35(26(25)37)16-24-33-13-14-34(24)27(38)41-28(2,3)4/h6-12,20,25H,13-16H2,1-5H3/t20-,25+/m0/s1. The van der Waals surface area contributed by atoms with Gasteiger partial charge in [-0.05, 0) is 62.6 Å². The summed E-state index contributed by atoms with van der Waals surface area (Å²) in [6.07, 6.45) is -7.11. The molecule has 2 aromatic carbocycles. The van der Waals surface area contributed by atoms with Crippen LogP contribution in [0.1, 0.15) is 50.3 Å². The van der Waals surface area contributed by atoms with Crippen molar-refractivity contribution in [3.8, 4) is 5.75 Å². The second-order valence-corrected chi connectivity index (χ2v) is 10.8. The highest BCUT2D eigenvalue weighted by molar-refractivity contribution is 6.07. The van der Waals surface area contributed by atoms with E-state index in [1.165, 1.54) is 24.1 Å². The van der Waals surface area contributed by atoms with E-state index in [-0.39, 0.29) is 43.1 Å². The Labute approximate surface area is 235 Å². The third-order valence-corrected chi connectivity index (χ3v) is 6.73. The normalized spacial score (nSPS) is 19.3. The SMILES string of the molecule is COc1ccc([C@@H]2Cc3c(cccc3C(F)(F)F)N(CC3=NCCN3C(=O)OC(C)(C)C)C(=O)[C@@H]2OC(C)=O)cc1. The third kappa shape index (κ3) is 6.63. The number of carbonyl (C=O) groups is 3. The zero-order chi connectivity index (χ0) is 30.1. The van der Waals surface area contributed by atoms with E-state index in [2.05, 4.69) is 4.99 Å². The first-order valence-corrected chi connectivity index (χ1v) is 13.0. The Bertz CT molecular complexity index is 1350. The number of rotatable bonds is 5. The van der Waals surface area contributed by atoms with Crippen LogP contribution in [-0.4, -0.2) is 67.2 Å². The molecule has 12 heteroatoms. The molecule has 2 atom stereocenters. The molecule has 0 fully saturated rings. The summed E-state index contributed by atoms with van der Waals surface area (Å²) in [6, 6.07) is 10.1. The number of aliphatic imine (C=N–C) groups is 1. The first-order valence-electron chi connectivity index (χ1n) is 13.0. The largest absolute Gasteiger partial charge is 0.497 e. The average Bonchev–Trinajstić information content (AvgIpc) is 3.32. The number of amides is 2. The first kappa shape index (κ1) is 29.9. The number of hydrogen-bond donors (Lipinski definition) is 0. The van der Waals surface area contributed by atoms with Crippen LogP contribution < -0.4 is 9.64 Å². The van der Waals surface area contributed by atoms with Crippen LogP contribution in [0.25, 0.3) is 0 Å². The summed E-state index contributed by atoms with van der Waals surface area (Å²) >= 11 is 0. The number of alkyl halides is 3. The molecule has 0 unspecified atom stereocenters. The van der Waals surface area contributed by atoms with Gasteiger partial charge >= 0.3 is 18.2 Å². The van der Waals surface area contributed by atoms with Gasteiger partial charge in [0.1, 0.15) is 17.2 Å². The number of anilines is 1. The molecule has 0 aromatic heterocycles. The lowest BCUT2D eigenvalue weighted by Gasteiger charge is -2.30. The van der Waals surface area contributed by atoms with Crippen molar-refractivity contribution >= 4 is 29.5 Å². The average molecular weight is 576 g/mol. The molecule has 2 aromatic rings. The predicted molar refractivity (Wildman–Crippen MR) is 144 cm³/mol. The van der Waals surface area contributed by atoms with E-state index >= 15 is 0 Å². The van der Waals surface area contributed by atoms with Crippen LogP contribution in [0.3, 0.4) is 0 Å².